The number of amides is 2. The highest BCUT2D eigenvalue weighted by Crippen LogP contribution is 2.61. The molecule has 0 saturated carbocycles. The van der Waals surface area contributed by atoms with Crippen LogP contribution in [0.4, 0.5) is 5.82 Å². The van der Waals surface area contributed by atoms with Crippen LogP contribution in [0.2, 0.25) is 0 Å². The van der Waals surface area contributed by atoms with Crippen molar-refractivity contribution < 1.29 is 85.6 Å². The highest BCUT2D eigenvalue weighted by Gasteiger charge is 2.50. The van der Waals surface area contributed by atoms with E-state index in [2.05, 4.69) is 34.4 Å². The van der Waals surface area contributed by atoms with E-state index in [9.17, 15) is 57.9 Å². The third-order valence-electron chi connectivity index (χ3n) is 7.30. The minimum Gasteiger partial charge on any atom is -0.396 e. The topological polar surface area (TPSA) is 384 Å². The molecule has 2 amide bonds. The van der Waals surface area contributed by atoms with Crippen LogP contribution in [0.3, 0.4) is 0 Å². The molecule has 1 saturated heterocycles. The fraction of sp³-hybridized carbons (Fsp3) is 0.680. The van der Waals surface area contributed by atoms with Crippen LogP contribution in [0.5, 0.6) is 0 Å². The highest BCUT2D eigenvalue weighted by molar-refractivity contribution is 8.13. The molecule has 0 radical (unpaired) electrons. The van der Waals surface area contributed by atoms with Crippen molar-refractivity contribution >= 4 is 69.1 Å². The van der Waals surface area contributed by atoms with Gasteiger partial charge in [-0.25, -0.2) is 28.6 Å². The van der Waals surface area contributed by atoms with Crippen molar-refractivity contribution in [2.24, 2.45) is 5.41 Å². The van der Waals surface area contributed by atoms with Crippen molar-refractivity contribution in [1.82, 2.24) is 30.2 Å². The standard InChI is InChI=1S/C25H42N7O18P3S/c1-25(2,20(37)23(38)28-6-5-15(34)27-7-9-54-16(35)4-3-8-33)11-47-53(44,45)50-52(42,43)46-10-14-19(49-51(39,40)41)18(36)24(48-14)32-13-31-17-21(26)29-12-30-22(17)32/h12-14,18-20,24,33,36-37H,3-11H2,1-2H3,(H,27,34)(H,28,38)(H,42,43)(H,44,45)(H2,26,29,30)(H2,39,40,41)/t14-,18-,19-,20+,24+/m1/s1. The van der Waals surface area contributed by atoms with Crippen LogP contribution in [0.1, 0.15) is 39.3 Å². The largest absolute Gasteiger partial charge is 0.481 e. The second-order valence-electron chi connectivity index (χ2n) is 12.1. The number of hydrogen-bond acceptors (Lipinski definition) is 19. The number of nitrogen functional groups attached to an aromatic ring is 1. The predicted molar refractivity (Wildman–Crippen MR) is 183 cm³/mol. The molecule has 0 aliphatic carbocycles. The Morgan fingerprint density at radius 3 is 2.41 bits per heavy atom. The minimum atomic E-state index is -5.57. The molecule has 7 atom stereocenters. The number of phosphoric ester groups is 3. The van der Waals surface area contributed by atoms with Crippen LogP contribution in [0.15, 0.2) is 12.7 Å². The second-order valence-corrected chi connectivity index (χ2v) is 17.5. The first kappa shape index (κ1) is 45.9. The first-order chi connectivity index (χ1) is 25.1. The minimum absolute atomic E-state index is 0.0267. The molecule has 1 aliphatic heterocycles. The summed E-state index contributed by atoms with van der Waals surface area (Å²) in [6.07, 6.45) is -6.41. The van der Waals surface area contributed by atoms with E-state index in [1.807, 2.05) is 0 Å². The summed E-state index contributed by atoms with van der Waals surface area (Å²) >= 11 is 0.999. The Kier molecular flexibility index (Phi) is 16.7. The molecule has 2 aromatic heterocycles. The van der Waals surface area contributed by atoms with Crippen LogP contribution in [-0.2, 0) is 50.7 Å². The summed E-state index contributed by atoms with van der Waals surface area (Å²) < 4.78 is 61.9. The number of phosphoric acid groups is 3. The summed E-state index contributed by atoms with van der Waals surface area (Å²) in [5.74, 6) is -1.19. The Hall–Kier alpha value is -2.48. The molecule has 2 aromatic rings. The maximum Gasteiger partial charge on any atom is 0.481 e. The van der Waals surface area contributed by atoms with Crippen molar-refractivity contribution in [3.8, 4) is 0 Å². The number of ether oxygens (including phenoxy) is 1. The van der Waals surface area contributed by atoms with Crippen LogP contribution in [0, 0.1) is 5.41 Å². The van der Waals surface area contributed by atoms with Crippen LogP contribution in [-0.4, -0.2) is 134 Å². The molecule has 3 rings (SSSR count). The number of hydrogen-bond donors (Lipinski definition) is 10. The number of imidazole rings is 1. The van der Waals surface area contributed by atoms with Gasteiger partial charge in [-0.05, 0) is 6.42 Å². The number of aromatic nitrogens is 4. The fourth-order valence-electron chi connectivity index (χ4n) is 4.59. The summed E-state index contributed by atoms with van der Waals surface area (Å²) in [6, 6.07) is 0. The number of carbonyl (C=O) groups is 3. The lowest BCUT2D eigenvalue weighted by molar-refractivity contribution is -0.137. The van der Waals surface area contributed by atoms with Gasteiger partial charge in [0.2, 0.25) is 11.8 Å². The van der Waals surface area contributed by atoms with E-state index in [0.717, 1.165) is 29.0 Å². The normalized spacial score (nSPS) is 22.0. The monoisotopic (exact) mass is 853 g/mol. The van der Waals surface area contributed by atoms with Crippen molar-refractivity contribution in [3.05, 3.63) is 12.7 Å². The number of thioether (sulfide) groups is 1. The van der Waals surface area contributed by atoms with Crippen LogP contribution < -0.4 is 16.4 Å². The van der Waals surface area contributed by atoms with Gasteiger partial charge in [0.05, 0.1) is 19.5 Å². The second kappa shape index (κ2) is 19.6. The van der Waals surface area contributed by atoms with Crippen LogP contribution in [0.25, 0.3) is 11.2 Å². The Balaban J connectivity index is 1.50. The summed E-state index contributed by atoms with van der Waals surface area (Å²) in [6.45, 7) is 0.303. The van der Waals surface area contributed by atoms with Gasteiger partial charge in [0.15, 0.2) is 22.8 Å². The number of nitrogens with zero attached hydrogens (tertiary/aromatic N) is 4. The van der Waals surface area contributed by atoms with E-state index in [1.165, 1.54) is 13.8 Å². The molecule has 1 fully saturated rings. The van der Waals surface area contributed by atoms with Gasteiger partial charge in [0.1, 0.15) is 36.3 Å². The lowest BCUT2D eigenvalue weighted by atomic mass is 9.87. The number of fused-ring (bicyclic) bond motifs is 1. The fourth-order valence-corrected chi connectivity index (χ4v) is 8.14. The molecule has 306 valence electrons. The molecule has 0 aromatic carbocycles. The van der Waals surface area contributed by atoms with Gasteiger partial charge in [-0.3, -0.25) is 32.5 Å². The number of anilines is 1. The van der Waals surface area contributed by atoms with Crippen molar-refractivity contribution in [1.29, 1.82) is 0 Å². The van der Waals surface area contributed by atoms with E-state index in [-0.39, 0.29) is 54.6 Å². The molecule has 29 heteroatoms. The maximum atomic E-state index is 12.6. The zero-order valence-corrected chi connectivity index (χ0v) is 32.1. The average molecular weight is 854 g/mol. The van der Waals surface area contributed by atoms with Gasteiger partial charge in [0.25, 0.3) is 0 Å². The number of nitrogens with two attached hydrogens (primary N) is 1. The number of nitrogens with one attached hydrogen (secondary N) is 2. The smallest absolute Gasteiger partial charge is 0.396 e. The zero-order chi connectivity index (χ0) is 40.5. The number of carbonyl (C=O) groups excluding carboxylic acids is 3. The molecular formula is C25H42N7O18P3S. The van der Waals surface area contributed by atoms with E-state index in [1.54, 1.807) is 0 Å². The molecule has 1 aliphatic rings. The Morgan fingerprint density at radius 2 is 1.74 bits per heavy atom. The van der Waals surface area contributed by atoms with Crippen LogP contribution >= 0.6 is 35.2 Å². The Morgan fingerprint density at radius 1 is 1.06 bits per heavy atom. The third kappa shape index (κ3) is 13.9. The molecule has 11 N–H and O–H groups in total. The average Bonchev–Trinajstić information content (AvgIpc) is 3.63. The lowest BCUT2D eigenvalue weighted by Gasteiger charge is -2.30. The summed E-state index contributed by atoms with van der Waals surface area (Å²) in [5, 5.41) is 34.8. The van der Waals surface area contributed by atoms with Crippen molar-refractivity contribution in [2.45, 2.75) is 63.8 Å². The van der Waals surface area contributed by atoms with E-state index in [4.69, 9.17) is 24.6 Å². The van der Waals surface area contributed by atoms with Gasteiger partial charge in [-0.2, -0.15) is 4.31 Å². The third-order valence-corrected chi connectivity index (χ3v) is 11.3. The van der Waals surface area contributed by atoms with E-state index in [0.29, 0.717) is 12.2 Å². The number of rotatable bonds is 22. The number of aliphatic hydroxyl groups is 3. The van der Waals surface area contributed by atoms with E-state index < -0.39 is 84.6 Å². The summed E-state index contributed by atoms with van der Waals surface area (Å²) in [5.41, 5.74) is 4.24. The molecule has 3 heterocycles. The molecule has 0 spiro atoms. The molecular weight excluding hydrogens is 811 g/mol. The van der Waals surface area contributed by atoms with Gasteiger partial charge >= 0.3 is 23.5 Å². The summed E-state index contributed by atoms with van der Waals surface area (Å²) in [7, 11) is -16.4. The Bertz CT molecular complexity index is 1760. The zero-order valence-electron chi connectivity index (χ0n) is 28.6. The Labute approximate surface area is 310 Å². The van der Waals surface area contributed by atoms with Crippen molar-refractivity contribution in [2.75, 3.05) is 44.4 Å². The first-order valence-electron chi connectivity index (χ1n) is 15.7. The highest BCUT2D eigenvalue weighted by atomic mass is 32.2. The molecule has 2 unspecified atom stereocenters. The molecule has 54 heavy (non-hydrogen) atoms. The van der Waals surface area contributed by atoms with E-state index >= 15 is 0 Å². The SMILES string of the molecule is CC(C)(COP(=O)(O)OP(=O)(O)OC[C@H]1O[C@H](n2cnc3c(N)ncnc32)[C@H](O)[C@@H]1OP(=O)(O)O)[C@@H](O)C(=O)NCCC(=O)NCCSC(=O)CCCO. The maximum absolute atomic E-state index is 12.6. The number of aliphatic hydroxyl groups excluding tert-OH is 3. The lowest BCUT2D eigenvalue weighted by Crippen LogP contribution is -2.46. The summed E-state index contributed by atoms with van der Waals surface area (Å²) in [4.78, 5) is 86.9. The molecule has 25 nitrogen and oxygen atoms in total. The van der Waals surface area contributed by atoms with Gasteiger partial charge < -0.3 is 56.0 Å². The quantitative estimate of drug-likeness (QED) is 0.0473. The van der Waals surface area contributed by atoms with Gasteiger partial charge in [-0.15, -0.1) is 0 Å². The van der Waals surface area contributed by atoms with Crippen molar-refractivity contribution in [3.63, 3.8) is 0 Å². The van der Waals surface area contributed by atoms with Gasteiger partial charge in [-0.1, -0.05) is 25.6 Å². The van der Waals surface area contributed by atoms with Gasteiger partial charge in [0, 0.05) is 43.7 Å². The molecule has 0 bridgehead atoms. The predicted octanol–water partition coefficient (Wildman–Crippen LogP) is -1.56. The first-order valence-corrected chi connectivity index (χ1v) is 21.2.